The number of carbonyl (C=O) groups is 2. The van der Waals surface area contributed by atoms with Gasteiger partial charge < -0.3 is 10.2 Å². The van der Waals surface area contributed by atoms with Crippen LogP contribution in [0.25, 0.3) is 0 Å². The van der Waals surface area contributed by atoms with Gasteiger partial charge in [0.2, 0.25) is 11.8 Å². The van der Waals surface area contributed by atoms with E-state index in [2.05, 4.69) is 5.32 Å². The van der Waals surface area contributed by atoms with Crippen LogP contribution in [0.3, 0.4) is 0 Å². The summed E-state index contributed by atoms with van der Waals surface area (Å²) in [4.78, 5) is 39.2. The average molecular weight is 587 g/mol. The number of benzene rings is 3. The van der Waals surface area contributed by atoms with Crippen molar-refractivity contribution >= 4 is 44.8 Å². The highest BCUT2D eigenvalue weighted by molar-refractivity contribution is 7.92. The Hall–Kier alpha value is -3.96. The van der Waals surface area contributed by atoms with E-state index in [1.807, 2.05) is 0 Å². The fraction of sp³-hybridized carbons (Fsp3) is 0.286. The van der Waals surface area contributed by atoms with Crippen molar-refractivity contribution in [1.29, 1.82) is 0 Å². The quantitative estimate of drug-likeness (QED) is 0.240. The molecule has 0 saturated carbocycles. The van der Waals surface area contributed by atoms with Crippen molar-refractivity contribution < 1.29 is 22.9 Å². The zero-order chi connectivity index (χ0) is 29.4. The summed E-state index contributed by atoms with van der Waals surface area (Å²) in [6.07, 6.45) is 0.247. The lowest BCUT2D eigenvalue weighted by atomic mass is 10.1. The van der Waals surface area contributed by atoms with Crippen LogP contribution in [0.1, 0.15) is 32.8 Å². The fourth-order valence-corrected chi connectivity index (χ4v) is 5.74. The predicted molar refractivity (Wildman–Crippen MR) is 153 cm³/mol. The lowest BCUT2D eigenvalue weighted by molar-refractivity contribution is -0.384. The molecule has 3 aromatic carbocycles. The Kier molecular flexibility index (Phi) is 10.2. The van der Waals surface area contributed by atoms with Crippen LogP contribution < -0.4 is 9.62 Å². The molecule has 10 nitrogen and oxygen atoms in total. The number of nitrogens with zero attached hydrogens (tertiary/aromatic N) is 3. The van der Waals surface area contributed by atoms with E-state index < -0.39 is 39.3 Å². The van der Waals surface area contributed by atoms with Gasteiger partial charge in [-0.25, -0.2) is 8.42 Å². The number of anilines is 1. The topological polar surface area (TPSA) is 130 Å². The average Bonchev–Trinajstić information content (AvgIpc) is 2.92. The monoisotopic (exact) mass is 586 g/mol. The van der Waals surface area contributed by atoms with Crippen molar-refractivity contribution in [3.05, 3.63) is 99.6 Å². The standard InChI is InChI=1S/C28H31ClN4O6S/c1-4-26(28(35)30-20(2)3)31(18-21-11-8-9-16-25(21)29)27(34)19-32(22-12-10-13-23(17-22)33(36)37)40(38,39)24-14-6-5-7-15-24/h5-17,20,26H,4,18-19H2,1-3H3,(H,30,35)/t26-/m1/s1. The molecule has 2 amide bonds. The third kappa shape index (κ3) is 7.36. The van der Waals surface area contributed by atoms with Gasteiger partial charge in [0.15, 0.2) is 0 Å². The van der Waals surface area contributed by atoms with E-state index in [0.29, 0.717) is 10.6 Å². The molecule has 0 heterocycles. The van der Waals surface area contributed by atoms with Gasteiger partial charge in [-0.3, -0.25) is 24.0 Å². The Morgan fingerprint density at radius 3 is 2.25 bits per heavy atom. The maximum atomic E-state index is 14.0. The van der Waals surface area contributed by atoms with E-state index in [0.717, 1.165) is 10.4 Å². The first-order valence-electron chi connectivity index (χ1n) is 12.6. The van der Waals surface area contributed by atoms with Crippen molar-refractivity contribution in [3.8, 4) is 0 Å². The summed E-state index contributed by atoms with van der Waals surface area (Å²) in [6, 6.07) is 18.2. The molecule has 0 aliphatic rings. The number of hydrogen-bond donors (Lipinski definition) is 1. The van der Waals surface area contributed by atoms with Gasteiger partial charge in [0.05, 0.1) is 15.5 Å². The van der Waals surface area contributed by atoms with E-state index >= 15 is 0 Å². The summed E-state index contributed by atoms with van der Waals surface area (Å²) < 4.78 is 28.4. The van der Waals surface area contributed by atoms with Gasteiger partial charge in [0, 0.05) is 29.7 Å². The number of non-ortho nitro benzene ring substituents is 1. The number of amides is 2. The largest absolute Gasteiger partial charge is 0.352 e. The van der Waals surface area contributed by atoms with Gasteiger partial charge in [-0.05, 0) is 50.1 Å². The highest BCUT2D eigenvalue weighted by Crippen LogP contribution is 2.28. The Morgan fingerprint density at radius 1 is 1.00 bits per heavy atom. The minimum absolute atomic E-state index is 0.0588. The van der Waals surface area contributed by atoms with Crippen molar-refractivity contribution in [2.24, 2.45) is 0 Å². The SMILES string of the molecule is CC[C@H](C(=O)NC(C)C)N(Cc1ccccc1Cl)C(=O)CN(c1cccc([N+](=O)[O-])c1)S(=O)(=O)c1ccccc1. The predicted octanol–water partition coefficient (Wildman–Crippen LogP) is 4.78. The van der Waals surface area contributed by atoms with Crippen LogP contribution in [0.5, 0.6) is 0 Å². The first-order chi connectivity index (χ1) is 18.9. The lowest BCUT2D eigenvalue weighted by Gasteiger charge is -2.33. The van der Waals surface area contributed by atoms with Gasteiger partial charge in [-0.15, -0.1) is 0 Å². The van der Waals surface area contributed by atoms with Crippen LogP contribution in [0.2, 0.25) is 5.02 Å². The van der Waals surface area contributed by atoms with Gasteiger partial charge in [-0.2, -0.15) is 0 Å². The highest BCUT2D eigenvalue weighted by Gasteiger charge is 2.34. The summed E-state index contributed by atoms with van der Waals surface area (Å²) in [7, 11) is -4.34. The molecule has 0 fully saturated rings. The third-order valence-electron chi connectivity index (χ3n) is 6.05. The van der Waals surface area contributed by atoms with Gasteiger partial charge in [0.1, 0.15) is 12.6 Å². The molecule has 212 valence electrons. The number of nitro groups is 1. The van der Waals surface area contributed by atoms with Crippen molar-refractivity contribution in [2.75, 3.05) is 10.8 Å². The van der Waals surface area contributed by atoms with Crippen LogP contribution in [0.4, 0.5) is 11.4 Å². The molecule has 12 heteroatoms. The molecule has 0 aromatic heterocycles. The number of nitro benzene ring substituents is 1. The summed E-state index contributed by atoms with van der Waals surface area (Å²) >= 11 is 6.38. The third-order valence-corrected chi connectivity index (χ3v) is 8.21. The molecular formula is C28H31ClN4O6S. The van der Waals surface area contributed by atoms with Crippen molar-refractivity contribution in [2.45, 2.75) is 50.7 Å². The maximum Gasteiger partial charge on any atom is 0.271 e. The van der Waals surface area contributed by atoms with Crippen LogP contribution in [0, 0.1) is 10.1 Å². The fourth-order valence-electron chi connectivity index (χ4n) is 4.12. The molecule has 0 aliphatic heterocycles. The number of rotatable bonds is 12. The molecule has 0 aliphatic carbocycles. The number of sulfonamides is 1. The van der Waals surface area contributed by atoms with E-state index in [4.69, 9.17) is 11.6 Å². The van der Waals surface area contributed by atoms with E-state index in [1.54, 1.807) is 51.1 Å². The van der Waals surface area contributed by atoms with Crippen LogP contribution in [0.15, 0.2) is 83.8 Å². The molecule has 0 unspecified atom stereocenters. The number of halogens is 1. The first kappa shape index (κ1) is 30.6. The van der Waals surface area contributed by atoms with Crippen molar-refractivity contribution in [3.63, 3.8) is 0 Å². The highest BCUT2D eigenvalue weighted by atomic mass is 35.5. The van der Waals surface area contributed by atoms with Crippen LogP contribution >= 0.6 is 11.6 Å². The Balaban J connectivity index is 2.11. The van der Waals surface area contributed by atoms with Crippen LogP contribution in [-0.4, -0.2) is 48.7 Å². The number of carbonyl (C=O) groups excluding carboxylic acids is 2. The number of nitrogens with one attached hydrogen (secondary N) is 1. The summed E-state index contributed by atoms with van der Waals surface area (Å²) in [5.74, 6) is -1.08. The van der Waals surface area contributed by atoms with E-state index in [1.165, 1.54) is 47.4 Å². The smallest absolute Gasteiger partial charge is 0.271 e. The molecule has 3 rings (SSSR count). The first-order valence-corrected chi connectivity index (χ1v) is 14.4. The number of hydrogen-bond acceptors (Lipinski definition) is 6. The Labute approximate surface area is 238 Å². The molecule has 40 heavy (non-hydrogen) atoms. The molecule has 1 atom stereocenters. The summed E-state index contributed by atoms with van der Waals surface area (Å²) in [5.41, 5.74) is 0.166. The Bertz CT molecular complexity index is 1470. The maximum absolute atomic E-state index is 14.0. The lowest BCUT2D eigenvalue weighted by Crippen LogP contribution is -2.53. The Morgan fingerprint density at radius 2 is 1.65 bits per heavy atom. The molecule has 0 bridgehead atoms. The molecular weight excluding hydrogens is 556 g/mol. The molecule has 0 radical (unpaired) electrons. The van der Waals surface area contributed by atoms with E-state index in [-0.39, 0.29) is 35.3 Å². The van der Waals surface area contributed by atoms with Gasteiger partial charge in [0.25, 0.3) is 15.7 Å². The second-order valence-corrected chi connectivity index (χ2v) is 11.6. The zero-order valence-corrected chi connectivity index (χ0v) is 23.9. The van der Waals surface area contributed by atoms with Gasteiger partial charge in [-0.1, -0.05) is 61.0 Å². The summed E-state index contributed by atoms with van der Waals surface area (Å²) in [6.45, 7) is 4.56. The molecule has 0 spiro atoms. The minimum Gasteiger partial charge on any atom is -0.352 e. The minimum atomic E-state index is -4.34. The van der Waals surface area contributed by atoms with E-state index in [9.17, 15) is 28.1 Å². The second-order valence-electron chi connectivity index (χ2n) is 9.30. The van der Waals surface area contributed by atoms with Gasteiger partial charge >= 0.3 is 0 Å². The van der Waals surface area contributed by atoms with Crippen LogP contribution in [-0.2, 0) is 26.2 Å². The van der Waals surface area contributed by atoms with Crippen molar-refractivity contribution in [1.82, 2.24) is 10.2 Å². The summed E-state index contributed by atoms with van der Waals surface area (Å²) in [5, 5.41) is 14.7. The normalized spacial score (nSPS) is 12.0. The molecule has 0 saturated heterocycles. The molecule has 3 aromatic rings. The molecule has 1 N–H and O–H groups in total. The second kappa shape index (κ2) is 13.4. The zero-order valence-electron chi connectivity index (χ0n) is 22.4.